The quantitative estimate of drug-likeness (QED) is 0.732. The Labute approximate surface area is 126 Å². The summed E-state index contributed by atoms with van der Waals surface area (Å²) in [4.78, 5) is 17.8. The van der Waals surface area contributed by atoms with E-state index in [-0.39, 0.29) is 5.69 Å². The summed E-state index contributed by atoms with van der Waals surface area (Å²) in [6.45, 7) is 2.55. The van der Waals surface area contributed by atoms with E-state index < -0.39 is 0 Å². The van der Waals surface area contributed by atoms with Crippen LogP contribution in [0.1, 0.15) is 6.92 Å². The van der Waals surface area contributed by atoms with Crippen LogP contribution >= 0.6 is 11.5 Å². The van der Waals surface area contributed by atoms with E-state index in [1.807, 2.05) is 67.6 Å². The molecule has 21 heavy (non-hydrogen) atoms. The fourth-order valence-electron chi connectivity index (χ4n) is 2.05. The average Bonchev–Trinajstić information content (AvgIpc) is 2.85. The Bertz CT molecular complexity index is 844. The van der Waals surface area contributed by atoms with Crippen LogP contribution in [0.5, 0.6) is 0 Å². The van der Waals surface area contributed by atoms with Crippen LogP contribution in [0.25, 0.3) is 5.69 Å². The van der Waals surface area contributed by atoms with Gasteiger partial charge in [0.1, 0.15) is 0 Å². The molecule has 0 aliphatic heterocycles. The summed E-state index contributed by atoms with van der Waals surface area (Å²) in [6.07, 6.45) is 0. The summed E-state index contributed by atoms with van der Waals surface area (Å²) < 4.78 is 3.36. The Kier molecular flexibility index (Phi) is 3.83. The Balaban J connectivity index is 2.19. The molecular formula is C16H15N3OS. The van der Waals surface area contributed by atoms with Crippen LogP contribution in [0.4, 0.5) is 5.69 Å². The summed E-state index contributed by atoms with van der Waals surface area (Å²) in [6, 6.07) is 19.3. The van der Waals surface area contributed by atoms with Gasteiger partial charge in [0.25, 0.3) is 0 Å². The van der Waals surface area contributed by atoms with E-state index in [9.17, 15) is 4.79 Å². The van der Waals surface area contributed by atoms with Gasteiger partial charge in [-0.3, -0.25) is 4.57 Å². The highest BCUT2D eigenvalue weighted by atomic mass is 32.1. The van der Waals surface area contributed by atoms with Gasteiger partial charge < -0.3 is 0 Å². The monoisotopic (exact) mass is 297 g/mol. The maximum absolute atomic E-state index is 12.5. The van der Waals surface area contributed by atoms with Gasteiger partial charge in [-0.15, -0.1) is 0 Å². The van der Waals surface area contributed by atoms with E-state index in [2.05, 4.69) is 4.99 Å². The summed E-state index contributed by atoms with van der Waals surface area (Å²) >= 11 is 1.36. The molecule has 3 rings (SSSR count). The van der Waals surface area contributed by atoms with Gasteiger partial charge in [0.05, 0.1) is 11.4 Å². The van der Waals surface area contributed by atoms with E-state index in [0.29, 0.717) is 11.3 Å². The number of rotatable bonds is 3. The molecule has 0 radical (unpaired) electrons. The molecule has 0 saturated carbocycles. The second kappa shape index (κ2) is 5.93. The summed E-state index contributed by atoms with van der Waals surface area (Å²) in [7, 11) is 0. The highest BCUT2D eigenvalue weighted by Crippen LogP contribution is 2.10. The van der Waals surface area contributed by atoms with E-state index >= 15 is 0 Å². The first-order chi connectivity index (χ1) is 10.3. The zero-order valence-corrected chi connectivity index (χ0v) is 12.5. The number of hydrogen-bond acceptors (Lipinski definition) is 3. The number of aromatic nitrogens is 2. The summed E-state index contributed by atoms with van der Waals surface area (Å²) in [5.74, 6) is 0. The Hall–Kier alpha value is -2.40. The molecule has 2 aromatic carbocycles. The average molecular weight is 297 g/mol. The second-order valence-electron chi connectivity index (χ2n) is 4.48. The van der Waals surface area contributed by atoms with Gasteiger partial charge in [-0.1, -0.05) is 36.4 Å². The van der Waals surface area contributed by atoms with Gasteiger partial charge in [-0.2, -0.15) is 0 Å². The van der Waals surface area contributed by atoms with Crippen molar-refractivity contribution < 1.29 is 0 Å². The van der Waals surface area contributed by atoms with E-state index in [0.717, 1.165) is 11.4 Å². The molecule has 0 spiro atoms. The lowest BCUT2D eigenvalue weighted by atomic mass is 10.3. The van der Waals surface area contributed by atoms with Crippen molar-refractivity contribution in [2.75, 3.05) is 0 Å². The zero-order chi connectivity index (χ0) is 14.7. The number of para-hydroxylation sites is 2. The van der Waals surface area contributed by atoms with Crippen LogP contribution in [0, 0.1) is 0 Å². The summed E-state index contributed by atoms with van der Waals surface area (Å²) in [5, 5.41) is 0. The first-order valence-corrected chi connectivity index (χ1v) is 7.55. The number of nitrogens with zero attached hydrogens (tertiary/aromatic N) is 3. The normalized spacial score (nSPS) is 11.8. The van der Waals surface area contributed by atoms with Gasteiger partial charge in [0.15, 0.2) is 0 Å². The van der Waals surface area contributed by atoms with Crippen molar-refractivity contribution in [2.45, 2.75) is 13.5 Å². The fraction of sp³-hybridized carbons (Fsp3) is 0.125. The van der Waals surface area contributed by atoms with E-state index in [4.69, 9.17) is 0 Å². The Morgan fingerprint density at radius 1 is 1.00 bits per heavy atom. The molecule has 0 N–H and O–H groups in total. The first-order valence-electron chi connectivity index (χ1n) is 6.78. The minimum absolute atomic E-state index is 0.0524. The lowest BCUT2D eigenvalue weighted by Gasteiger charge is -1.97. The molecule has 0 aliphatic carbocycles. The van der Waals surface area contributed by atoms with Crippen LogP contribution in [0.3, 0.4) is 0 Å². The zero-order valence-electron chi connectivity index (χ0n) is 11.6. The molecule has 4 nitrogen and oxygen atoms in total. The Morgan fingerprint density at radius 3 is 2.24 bits per heavy atom. The van der Waals surface area contributed by atoms with E-state index in [1.165, 1.54) is 11.5 Å². The van der Waals surface area contributed by atoms with Crippen molar-refractivity contribution in [3.8, 4) is 5.69 Å². The van der Waals surface area contributed by atoms with Gasteiger partial charge in [-0.25, -0.2) is 13.7 Å². The van der Waals surface area contributed by atoms with Crippen LogP contribution in [-0.4, -0.2) is 8.52 Å². The van der Waals surface area contributed by atoms with Crippen LogP contribution in [-0.2, 0) is 6.54 Å². The topological polar surface area (TPSA) is 39.3 Å². The molecular weight excluding hydrogens is 282 g/mol. The molecule has 0 fully saturated rings. The van der Waals surface area contributed by atoms with Crippen LogP contribution in [0.2, 0.25) is 0 Å². The SMILES string of the molecule is CCn1c(=Nc2ccccc2)sn(-c2ccccc2)c1=O. The van der Waals surface area contributed by atoms with E-state index in [1.54, 1.807) is 8.52 Å². The minimum Gasteiger partial charge on any atom is -0.268 e. The third-order valence-corrected chi connectivity index (χ3v) is 4.12. The van der Waals surface area contributed by atoms with Gasteiger partial charge in [0, 0.05) is 6.54 Å². The predicted molar refractivity (Wildman–Crippen MR) is 85.2 cm³/mol. The first kappa shape index (κ1) is 13.6. The largest absolute Gasteiger partial charge is 0.344 e. The molecule has 5 heteroatoms. The lowest BCUT2D eigenvalue weighted by molar-refractivity contribution is 0.685. The highest BCUT2D eigenvalue weighted by Gasteiger charge is 2.08. The highest BCUT2D eigenvalue weighted by molar-refractivity contribution is 7.03. The lowest BCUT2D eigenvalue weighted by Crippen LogP contribution is -2.28. The smallest absolute Gasteiger partial charge is 0.268 e. The Morgan fingerprint density at radius 2 is 1.62 bits per heavy atom. The predicted octanol–water partition coefficient (Wildman–Crippen LogP) is 2.95. The number of benzene rings is 2. The van der Waals surface area contributed by atoms with Crippen LogP contribution in [0.15, 0.2) is 70.5 Å². The molecule has 0 unspecified atom stereocenters. The van der Waals surface area contributed by atoms with Crippen molar-refractivity contribution in [2.24, 2.45) is 4.99 Å². The van der Waals surface area contributed by atoms with Gasteiger partial charge in [0.2, 0.25) is 4.80 Å². The van der Waals surface area contributed by atoms with Crippen LogP contribution < -0.4 is 10.5 Å². The molecule has 0 amide bonds. The van der Waals surface area contributed by atoms with Crippen molar-refractivity contribution >= 4 is 17.2 Å². The van der Waals surface area contributed by atoms with Crippen molar-refractivity contribution in [3.05, 3.63) is 75.9 Å². The fourth-order valence-corrected chi connectivity index (χ4v) is 3.07. The van der Waals surface area contributed by atoms with Gasteiger partial charge >= 0.3 is 5.69 Å². The summed E-state index contributed by atoms with van der Waals surface area (Å²) in [5.41, 5.74) is 1.66. The third-order valence-electron chi connectivity index (χ3n) is 3.10. The molecule has 3 aromatic rings. The minimum atomic E-state index is -0.0524. The van der Waals surface area contributed by atoms with Crippen molar-refractivity contribution in [1.82, 2.24) is 8.52 Å². The molecule has 0 bridgehead atoms. The standard InChI is InChI=1S/C16H15N3OS/c1-2-18-15(17-13-9-5-3-6-10-13)21-19(16(18)20)14-11-7-4-8-12-14/h3-12H,2H2,1H3. The van der Waals surface area contributed by atoms with Crippen molar-refractivity contribution in [1.29, 1.82) is 0 Å². The molecule has 1 heterocycles. The maximum atomic E-state index is 12.5. The third kappa shape index (κ3) is 2.73. The second-order valence-corrected chi connectivity index (χ2v) is 5.39. The van der Waals surface area contributed by atoms with Crippen molar-refractivity contribution in [3.63, 3.8) is 0 Å². The molecule has 0 atom stereocenters. The van der Waals surface area contributed by atoms with Gasteiger partial charge in [-0.05, 0) is 42.7 Å². The molecule has 106 valence electrons. The molecule has 0 saturated heterocycles. The maximum Gasteiger partial charge on any atom is 0.344 e. The molecule has 1 aromatic heterocycles. The number of hydrogen-bond donors (Lipinski definition) is 0. The molecule has 0 aliphatic rings.